The number of amides is 1. The van der Waals surface area contributed by atoms with Crippen LogP contribution >= 0.6 is 0 Å². The number of hydrogen-bond donors (Lipinski definition) is 1. The molecule has 0 aromatic carbocycles. The van der Waals surface area contributed by atoms with E-state index in [1.165, 1.54) is 11.1 Å². The Morgan fingerprint density at radius 2 is 2.04 bits per heavy atom. The SMILES string of the molecule is Cc1ccn2cc(C[C@]3(C(C)(C)C)CCCCN3C(=O)O)nc2c1C. The minimum absolute atomic E-state index is 0.160. The Morgan fingerprint density at radius 1 is 1.32 bits per heavy atom. The molecule has 136 valence electrons. The lowest BCUT2D eigenvalue weighted by atomic mass is 9.65. The van der Waals surface area contributed by atoms with E-state index in [-0.39, 0.29) is 5.41 Å². The number of hydrogen-bond acceptors (Lipinski definition) is 2. The van der Waals surface area contributed by atoms with E-state index in [1.807, 2.05) is 6.20 Å². The van der Waals surface area contributed by atoms with Crippen LogP contribution in [0.15, 0.2) is 18.5 Å². The first kappa shape index (κ1) is 17.8. The van der Waals surface area contributed by atoms with E-state index in [0.29, 0.717) is 13.0 Å². The summed E-state index contributed by atoms with van der Waals surface area (Å²) in [5, 5.41) is 9.84. The second-order valence-corrected chi connectivity index (χ2v) is 8.44. The Labute approximate surface area is 149 Å². The Kier molecular flexibility index (Phi) is 4.30. The fourth-order valence-corrected chi connectivity index (χ4v) is 4.26. The van der Waals surface area contributed by atoms with Crippen molar-refractivity contribution in [1.29, 1.82) is 0 Å². The fourth-order valence-electron chi connectivity index (χ4n) is 4.26. The number of carboxylic acid groups (broad SMARTS) is 1. The van der Waals surface area contributed by atoms with Gasteiger partial charge in [0.25, 0.3) is 0 Å². The molecule has 2 aromatic heterocycles. The molecule has 0 unspecified atom stereocenters. The molecule has 0 aliphatic carbocycles. The molecule has 3 heterocycles. The van der Waals surface area contributed by atoms with Crippen LogP contribution in [0.2, 0.25) is 0 Å². The van der Waals surface area contributed by atoms with Gasteiger partial charge in [-0.3, -0.25) is 0 Å². The monoisotopic (exact) mass is 343 g/mol. The summed E-state index contributed by atoms with van der Waals surface area (Å²) in [6.07, 6.45) is 6.82. The summed E-state index contributed by atoms with van der Waals surface area (Å²) < 4.78 is 2.06. The lowest BCUT2D eigenvalue weighted by molar-refractivity contribution is -0.0251. The van der Waals surface area contributed by atoms with Gasteiger partial charge < -0.3 is 14.4 Å². The van der Waals surface area contributed by atoms with Gasteiger partial charge in [0.15, 0.2) is 0 Å². The third-order valence-corrected chi connectivity index (χ3v) is 6.03. The molecule has 1 saturated heterocycles. The van der Waals surface area contributed by atoms with Crippen LogP contribution in [0, 0.1) is 19.3 Å². The first-order valence-electron chi connectivity index (χ1n) is 9.10. The Bertz CT molecular complexity index is 803. The highest BCUT2D eigenvalue weighted by atomic mass is 16.4. The topological polar surface area (TPSA) is 57.8 Å². The van der Waals surface area contributed by atoms with E-state index in [2.05, 4.69) is 51.3 Å². The number of nitrogens with zero attached hydrogens (tertiary/aromatic N) is 3. The van der Waals surface area contributed by atoms with Crippen molar-refractivity contribution in [1.82, 2.24) is 14.3 Å². The molecular formula is C20H29N3O2. The predicted octanol–water partition coefficient (Wildman–Crippen LogP) is 4.44. The van der Waals surface area contributed by atoms with Crippen molar-refractivity contribution in [3.63, 3.8) is 0 Å². The molecule has 1 N–H and O–H groups in total. The lowest BCUT2D eigenvalue weighted by Gasteiger charge is -2.53. The van der Waals surface area contributed by atoms with E-state index >= 15 is 0 Å². The molecule has 0 radical (unpaired) electrons. The van der Waals surface area contributed by atoms with Crippen molar-refractivity contribution in [2.24, 2.45) is 5.41 Å². The van der Waals surface area contributed by atoms with Gasteiger partial charge in [-0.1, -0.05) is 20.8 Å². The van der Waals surface area contributed by atoms with E-state index < -0.39 is 11.6 Å². The largest absolute Gasteiger partial charge is 0.465 e. The van der Waals surface area contributed by atoms with E-state index in [9.17, 15) is 9.90 Å². The molecule has 1 aliphatic heterocycles. The van der Waals surface area contributed by atoms with Crippen LogP contribution in [0.5, 0.6) is 0 Å². The van der Waals surface area contributed by atoms with Gasteiger partial charge in [-0.2, -0.15) is 0 Å². The molecule has 0 saturated carbocycles. The van der Waals surface area contributed by atoms with Gasteiger partial charge in [-0.15, -0.1) is 0 Å². The number of aryl methyl sites for hydroxylation is 2. The second-order valence-electron chi connectivity index (χ2n) is 8.44. The van der Waals surface area contributed by atoms with Crippen LogP contribution in [0.25, 0.3) is 5.65 Å². The molecule has 5 nitrogen and oxygen atoms in total. The zero-order valence-corrected chi connectivity index (χ0v) is 16.0. The molecule has 5 heteroatoms. The molecule has 25 heavy (non-hydrogen) atoms. The van der Waals surface area contributed by atoms with E-state index in [0.717, 1.165) is 30.6 Å². The Balaban J connectivity index is 2.07. The van der Waals surface area contributed by atoms with Gasteiger partial charge in [-0.25, -0.2) is 9.78 Å². The maximum Gasteiger partial charge on any atom is 0.407 e. The van der Waals surface area contributed by atoms with Gasteiger partial charge in [0.1, 0.15) is 5.65 Å². The molecule has 1 fully saturated rings. The highest BCUT2D eigenvalue weighted by Crippen LogP contribution is 2.45. The minimum atomic E-state index is -0.814. The van der Waals surface area contributed by atoms with Crippen LogP contribution in [0.3, 0.4) is 0 Å². The maximum absolute atomic E-state index is 12.0. The number of rotatable bonds is 2. The highest BCUT2D eigenvalue weighted by Gasteiger charge is 2.50. The summed E-state index contributed by atoms with van der Waals surface area (Å²) >= 11 is 0. The summed E-state index contributed by atoms with van der Waals surface area (Å²) in [6, 6.07) is 2.09. The van der Waals surface area contributed by atoms with E-state index in [1.54, 1.807) is 4.90 Å². The molecule has 0 bridgehead atoms. The van der Waals surface area contributed by atoms with Gasteiger partial charge >= 0.3 is 6.09 Å². The number of imidazole rings is 1. The fraction of sp³-hybridized carbons (Fsp3) is 0.600. The van der Waals surface area contributed by atoms with Crippen molar-refractivity contribution in [2.45, 2.75) is 65.8 Å². The molecule has 0 spiro atoms. The number of pyridine rings is 1. The highest BCUT2D eigenvalue weighted by molar-refractivity contribution is 5.67. The standard InChI is InChI=1S/C20H29N3O2/c1-14-8-11-22-13-16(21-17(22)15(14)2)12-20(19(3,4)5)9-6-7-10-23(20)18(24)25/h8,11,13H,6-7,9-10,12H2,1-5H3,(H,24,25)/t20-/m0/s1. The third kappa shape index (κ3) is 2.90. The molecule has 1 atom stereocenters. The quantitative estimate of drug-likeness (QED) is 0.877. The second kappa shape index (κ2) is 6.04. The summed E-state index contributed by atoms with van der Waals surface area (Å²) in [4.78, 5) is 18.5. The summed E-state index contributed by atoms with van der Waals surface area (Å²) in [7, 11) is 0. The van der Waals surface area contributed by atoms with Gasteiger partial charge in [-0.05, 0) is 55.7 Å². The summed E-state index contributed by atoms with van der Waals surface area (Å²) in [5.41, 5.74) is 3.76. The van der Waals surface area contributed by atoms with Crippen molar-refractivity contribution < 1.29 is 9.90 Å². The van der Waals surface area contributed by atoms with Gasteiger partial charge in [0.05, 0.1) is 11.2 Å². The van der Waals surface area contributed by atoms with Crippen molar-refractivity contribution in [3.05, 3.63) is 35.3 Å². The summed E-state index contributed by atoms with van der Waals surface area (Å²) in [5.74, 6) is 0. The Morgan fingerprint density at radius 3 is 2.68 bits per heavy atom. The maximum atomic E-state index is 12.0. The van der Waals surface area contributed by atoms with Crippen molar-refractivity contribution >= 4 is 11.7 Å². The normalized spacial score (nSPS) is 21.7. The van der Waals surface area contributed by atoms with Crippen LogP contribution in [0.4, 0.5) is 4.79 Å². The number of fused-ring (bicyclic) bond motifs is 1. The van der Waals surface area contributed by atoms with Crippen molar-refractivity contribution in [3.8, 4) is 0 Å². The molecular weight excluding hydrogens is 314 g/mol. The first-order chi connectivity index (χ1) is 11.7. The minimum Gasteiger partial charge on any atom is -0.465 e. The molecule has 1 amide bonds. The van der Waals surface area contributed by atoms with Crippen LogP contribution < -0.4 is 0 Å². The zero-order chi connectivity index (χ0) is 18.4. The molecule has 3 rings (SSSR count). The van der Waals surface area contributed by atoms with Crippen LogP contribution in [-0.4, -0.2) is 37.6 Å². The van der Waals surface area contributed by atoms with E-state index in [4.69, 9.17) is 4.98 Å². The predicted molar refractivity (Wildman–Crippen MR) is 99.1 cm³/mol. The number of piperidine rings is 1. The van der Waals surface area contributed by atoms with Crippen LogP contribution in [0.1, 0.15) is 56.9 Å². The van der Waals surface area contributed by atoms with Gasteiger partial charge in [0.2, 0.25) is 0 Å². The Hall–Kier alpha value is -2.04. The molecule has 2 aromatic rings. The average Bonchev–Trinajstić information content (AvgIpc) is 2.93. The smallest absolute Gasteiger partial charge is 0.407 e. The van der Waals surface area contributed by atoms with Crippen LogP contribution in [-0.2, 0) is 6.42 Å². The lowest BCUT2D eigenvalue weighted by Crippen LogP contribution is -2.62. The molecule has 1 aliphatic rings. The number of aromatic nitrogens is 2. The zero-order valence-electron chi connectivity index (χ0n) is 16.0. The van der Waals surface area contributed by atoms with Crippen molar-refractivity contribution in [2.75, 3.05) is 6.54 Å². The summed E-state index contributed by atoms with van der Waals surface area (Å²) in [6.45, 7) is 11.2. The number of likely N-dealkylation sites (tertiary alicyclic amines) is 1. The third-order valence-electron chi connectivity index (χ3n) is 6.03. The average molecular weight is 343 g/mol. The first-order valence-corrected chi connectivity index (χ1v) is 9.10. The van der Waals surface area contributed by atoms with Gasteiger partial charge in [0, 0.05) is 25.4 Å². The number of carbonyl (C=O) groups is 1.